The Labute approximate surface area is 180 Å². The largest absolute Gasteiger partial charge is 0.454 e. The molecule has 1 amide bonds. The summed E-state index contributed by atoms with van der Waals surface area (Å²) in [5, 5.41) is 0.548. The lowest BCUT2D eigenvalue weighted by atomic mass is 9.88. The van der Waals surface area contributed by atoms with Gasteiger partial charge in [-0.15, -0.1) is 0 Å². The van der Waals surface area contributed by atoms with E-state index >= 15 is 0 Å². The Balaban J connectivity index is 1.44. The van der Waals surface area contributed by atoms with Crippen molar-refractivity contribution in [1.82, 2.24) is 14.9 Å². The van der Waals surface area contributed by atoms with E-state index in [9.17, 15) is 9.59 Å². The van der Waals surface area contributed by atoms with E-state index in [1.54, 1.807) is 11.0 Å². The van der Waals surface area contributed by atoms with Crippen LogP contribution in [0, 0.1) is 5.92 Å². The summed E-state index contributed by atoms with van der Waals surface area (Å²) in [5.41, 5.74) is 1.40. The summed E-state index contributed by atoms with van der Waals surface area (Å²) in [7, 11) is 0. The first-order valence-electron chi connectivity index (χ1n) is 10.8. The van der Waals surface area contributed by atoms with Crippen LogP contribution in [-0.2, 0) is 17.9 Å². The van der Waals surface area contributed by atoms with Crippen LogP contribution in [0.1, 0.15) is 43.5 Å². The average molecular weight is 419 g/mol. The first-order valence-corrected chi connectivity index (χ1v) is 10.8. The van der Waals surface area contributed by atoms with Crippen molar-refractivity contribution in [2.45, 2.75) is 45.2 Å². The van der Waals surface area contributed by atoms with Gasteiger partial charge in [0.25, 0.3) is 5.56 Å². The minimum absolute atomic E-state index is 0.0231. The molecule has 3 aromatic rings. The van der Waals surface area contributed by atoms with Crippen molar-refractivity contribution in [3.63, 3.8) is 0 Å². The lowest BCUT2D eigenvalue weighted by Gasteiger charge is -2.29. The molecule has 1 aromatic heterocycles. The molecule has 0 unspecified atom stereocenters. The molecule has 1 aliphatic carbocycles. The minimum Gasteiger partial charge on any atom is -0.454 e. The number of nitrogens with one attached hydrogen (secondary N) is 1. The van der Waals surface area contributed by atoms with Gasteiger partial charge in [0, 0.05) is 12.5 Å². The van der Waals surface area contributed by atoms with Gasteiger partial charge in [0.05, 0.1) is 17.4 Å². The Morgan fingerprint density at radius 3 is 2.71 bits per heavy atom. The number of hydrogen-bond donors (Lipinski definition) is 1. The number of rotatable bonds is 5. The number of hydrogen-bond acceptors (Lipinski definition) is 5. The SMILES string of the molecule is O=C(C1CCCCC1)N(Cc1ccc2c(c1)OCO2)Cc1nc2ccccc2c(=O)[nH]1. The zero-order valence-corrected chi connectivity index (χ0v) is 17.3. The standard InChI is InChI=1S/C24H25N3O4/c28-23-18-8-4-5-9-19(18)25-22(26-23)14-27(24(29)17-6-2-1-3-7-17)13-16-10-11-20-21(12-16)31-15-30-20/h4-5,8-12,17H,1-3,6-7,13-15H2,(H,25,26,28). The fourth-order valence-corrected chi connectivity index (χ4v) is 4.47. The van der Waals surface area contributed by atoms with E-state index in [1.165, 1.54) is 6.42 Å². The highest BCUT2D eigenvalue weighted by Crippen LogP contribution is 2.33. The van der Waals surface area contributed by atoms with Crippen LogP contribution in [0.4, 0.5) is 0 Å². The van der Waals surface area contributed by atoms with Crippen LogP contribution in [0.15, 0.2) is 47.3 Å². The third-order valence-electron chi connectivity index (χ3n) is 6.08. The molecule has 1 fully saturated rings. The quantitative estimate of drug-likeness (QED) is 0.681. The monoisotopic (exact) mass is 419 g/mol. The normalized spacial score (nSPS) is 15.9. The molecule has 1 aliphatic heterocycles. The van der Waals surface area contributed by atoms with E-state index < -0.39 is 0 Å². The summed E-state index contributed by atoms with van der Waals surface area (Å²) in [4.78, 5) is 35.2. The number of ether oxygens (including phenoxy) is 2. The van der Waals surface area contributed by atoms with Gasteiger partial charge in [0.15, 0.2) is 11.5 Å². The van der Waals surface area contributed by atoms with Crippen molar-refractivity contribution in [2.75, 3.05) is 6.79 Å². The highest BCUT2D eigenvalue weighted by atomic mass is 16.7. The summed E-state index contributed by atoms with van der Waals surface area (Å²) in [6.45, 7) is 0.887. The summed E-state index contributed by atoms with van der Waals surface area (Å²) >= 11 is 0. The molecule has 0 saturated heterocycles. The predicted molar refractivity (Wildman–Crippen MR) is 116 cm³/mol. The Morgan fingerprint density at radius 1 is 1.03 bits per heavy atom. The van der Waals surface area contributed by atoms with E-state index in [4.69, 9.17) is 9.47 Å². The Kier molecular flexibility index (Phi) is 5.32. The highest BCUT2D eigenvalue weighted by Gasteiger charge is 2.27. The Hall–Kier alpha value is -3.35. The number of carbonyl (C=O) groups excluding carboxylic acids is 1. The molecular weight excluding hydrogens is 394 g/mol. The van der Waals surface area contributed by atoms with Crippen molar-refractivity contribution in [2.24, 2.45) is 5.92 Å². The second kappa shape index (κ2) is 8.41. The molecule has 0 atom stereocenters. The molecule has 5 rings (SSSR count). The second-order valence-electron chi connectivity index (χ2n) is 8.25. The third-order valence-corrected chi connectivity index (χ3v) is 6.08. The van der Waals surface area contributed by atoms with Crippen molar-refractivity contribution >= 4 is 16.8 Å². The molecule has 2 aliphatic rings. The fraction of sp³-hybridized carbons (Fsp3) is 0.375. The van der Waals surface area contributed by atoms with Crippen molar-refractivity contribution in [3.8, 4) is 11.5 Å². The van der Waals surface area contributed by atoms with Crippen molar-refractivity contribution < 1.29 is 14.3 Å². The zero-order chi connectivity index (χ0) is 21.2. The van der Waals surface area contributed by atoms with E-state index in [0.717, 1.165) is 37.0 Å². The maximum absolute atomic E-state index is 13.4. The lowest BCUT2D eigenvalue weighted by Crippen LogP contribution is -2.37. The van der Waals surface area contributed by atoms with Crippen LogP contribution in [-0.4, -0.2) is 27.6 Å². The number of benzene rings is 2. The topological polar surface area (TPSA) is 84.5 Å². The number of amides is 1. The molecule has 7 nitrogen and oxygen atoms in total. The number of aromatic nitrogens is 2. The molecule has 0 bridgehead atoms. The molecule has 160 valence electrons. The Bertz CT molecular complexity index is 1170. The fourth-order valence-electron chi connectivity index (χ4n) is 4.47. The van der Waals surface area contributed by atoms with Gasteiger partial charge < -0.3 is 19.4 Å². The first kappa shape index (κ1) is 19.6. The minimum atomic E-state index is -0.186. The van der Waals surface area contributed by atoms with Gasteiger partial charge in [0.2, 0.25) is 12.7 Å². The number of fused-ring (bicyclic) bond motifs is 2. The van der Waals surface area contributed by atoms with E-state index in [-0.39, 0.29) is 30.7 Å². The summed E-state index contributed by atoms with van der Waals surface area (Å²) < 4.78 is 10.9. The van der Waals surface area contributed by atoms with Crippen LogP contribution >= 0.6 is 0 Å². The maximum atomic E-state index is 13.4. The highest BCUT2D eigenvalue weighted by molar-refractivity contribution is 5.79. The zero-order valence-electron chi connectivity index (χ0n) is 17.3. The molecule has 1 N–H and O–H groups in total. The number of carbonyl (C=O) groups is 1. The molecule has 7 heteroatoms. The van der Waals surface area contributed by atoms with Crippen molar-refractivity contribution in [3.05, 3.63) is 64.2 Å². The second-order valence-corrected chi connectivity index (χ2v) is 8.25. The molecule has 2 aromatic carbocycles. The molecule has 31 heavy (non-hydrogen) atoms. The van der Waals surface area contributed by atoms with Crippen LogP contribution < -0.4 is 15.0 Å². The van der Waals surface area contributed by atoms with Crippen LogP contribution in [0.5, 0.6) is 11.5 Å². The molecule has 0 radical (unpaired) electrons. The molecule has 1 saturated carbocycles. The van der Waals surface area contributed by atoms with Gasteiger partial charge in [0.1, 0.15) is 5.82 Å². The maximum Gasteiger partial charge on any atom is 0.258 e. The third kappa shape index (κ3) is 4.13. The van der Waals surface area contributed by atoms with Gasteiger partial charge in [-0.1, -0.05) is 37.5 Å². The summed E-state index contributed by atoms with van der Waals surface area (Å²) in [6, 6.07) is 13.0. The number of para-hydroxylation sites is 1. The Morgan fingerprint density at radius 2 is 1.84 bits per heavy atom. The van der Waals surface area contributed by atoms with E-state index in [1.807, 2.05) is 36.4 Å². The van der Waals surface area contributed by atoms with E-state index in [2.05, 4.69) is 9.97 Å². The predicted octanol–water partition coefficient (Wildman–Crippen LogP) is 3.76. The number of H-pyrrole nitrogens is 1. The summed E-state index contributed by atoms with van der Waals surface area (Å²) in [6.07, 6.45) is 5.18. The van der Waals surface area contributed by atoms with Gasteiger partial charge >= 0.3 is 0 Å². The summed E-state index contributed by atoms with van der Waals surface area (Å²) in [5.74, 6) is 2.05. The average Bonchev–Trinajstić information content (AvgIpc) is 3.27. The van der Waals surface area contributed by atoms with E-state index in [0.29, 0.717) is 29.0 Å². The molecule has 2 heterocycles. The molecule has 0 spiro atoms. The number of nitrogens with zero attached hydrogens (tertiary/aromatic N) is 2. The van der Waals surface area contributed by atoms with Crippen molar-refractivity contribution in [1.29, 1.82) is 0 Å². The van der Waals surface area contributed by atoms with Gasteiger partial charge in [-0.05, 0) is 42.7 Å². The van der Waals surface area contributed by atoms with Gasteiger partial charge in [-0.2, -0.15) is 0 Å². The van der Waals surface area contributed by atoms with Crippen LogP contribution in [0.2, 0.25) is 0 Å². The molecular formula is C24H25N3O4. The number of aromatic amines is 1. The van der Waals surface area contributed by atoms with Crippen LogP contribution in [0.3, 0.4) is 0 Å². The lowest BCUT2D eigenvalue weighted by molar-refractivity contribution is -0.138. The smallest absolute Gasteiger partial charge is 0.258 e. The first-order chi connectivity index (χ1) is 15.2. The van der Waals surface area contributed by atoms with Crippen LogP contribution in [0.25, 0.3) is 10.9 Å². The van der Waals surface area contributed by atoms with Gasteiger partial charge in [-0.3, -0.25) is 9.59 Å². The van der Waals surface area contributed by atoms with Gasteiger partial charge in [-0.25, -0.2) is 4.98 Å².